The van der Waals surface area contributed by atoms with Crippen LogP contribution in [0.3, 0.4) is 0 Å². The van der Waals surface area contributed by atoms with Gasteiger partial charge in [-0.2, -0.15) is 0 Å². The second-order valence-electron chi connectivity index (χ2n) is 6.97. The molecule has 4 nitrogen and oxygen atoms in total. The summed E-state index contributed by atoms with van der Waals surface area (Å²) in [4.78, 5) is 14.4. The molecule has 2 aromatic rings. The summed E-state index contributed by atoms with van der Waals surface area (Å²) in [7, 11) is 0. The minimum absolute atomic E-state index is 0.0395. The average molecular weight is 354 g/mol. The van der Waals surface area contributed by atoms with Crippen LogP contribution in [0, 0.1) is 5.92 Å². The first-order valence-corrected chi connectivity index (χ1v) is 9.39. The highest BCUT2D eigenvalue weighted by Crippen LogP contribution is 2.10. The van der Waals surface area contributed by atoms with Crippen molar-refractivity contribution in [3.05, 3.63) is 71.8 Å². The van der Waals surface area contributed by atoms with E-state index in [0.717, 1.165) is 26.1 Å². The molecule has 3 N–H and O–H groups in total. The van der Waals surface area contributed by atoms with Gasteiger partial charge in [0.15, 0.2) is 0 Å². The molecule has 1 amide bonds. The molecule has 0 fully saturated rings. The minimum atomic E-state index is -0.153. The highest BCUT2D eigenvalue weighted by Gasteiger charge is 2.16. The van der Waals surface area contributed by atoms with Gasteiger partial charge in [0.1, 0.15) is 0 Å². The lowest BCUT2D eigenvalue weighted by Gasteiger charge is -2.23. The average Bonchev–Trinajstić information content (AvgIpc) is 2.65. The molecule has 0 aromatic heterocycles. The van der Waals surface area contributed by atoms with E-state index >= 15 is 0 Å². The molecule has 0 radical (unpaired) electrons. The van der Waals surface area contributed by atoms with Crippen molar-refractivity contribution < 1.29 is 4.79 Å². The summed E-state index contributed by atoms with van der Waals surface area (Å²) in [6.45, 7) is 7.15. The zero-order valence-corrected chi connectivity index (χ0v) is 15.9. The van der Waals surface area contributed by atoms with Gasteiger partial charge in [-0.15, -0.1) is 0 Å². The third-order valence-corrected chi connectivity index (χ3v) is 4.65. The van der Waals surface area contributed by atoms with Crippen molar-refractivity contribution in [1.82, 2.24) is 10.2 Å². The van der Waals surface area contributed by atoms with Gasteiger partial charge < -0.3 is 11.1 Å². The summed E-state index contributed by atoms with van der Waals surface area (Å²) in [6.07, 6.45) is 0.914. The lowest BCUT2D eigenvalue weighted by atomic mass is 10.0. The molecule has 0 heterocycles. The van der Waals surface area contributed by atoms with Crippen LogP contribution in [0.4, 0.5) is 0 Å². The molecule has 0 bridgehead atoms. The Morgan fingerprint density at radius 1 is 0.962 bits per heavy atom. The van der Waals surface area contributed by atoms with Gasteiger partial charge in [-0.25, -0.2) is 0 Å². The number of rotatable bonds is 10. The molecular formula is C22H31N3O. The molecule has 2 aromatic carbocycles. The highest BCUT2D eigenvalue weighted by atomic mass is 16.1. The summed E-state index contributed by atoms with van der Waals surface area (Å²) in [5.74, 6) is -0.114. The van der Waals surface area contributed by atoms with Gasteiger partial charge in [-0.05, 0) is 24.5 Å². The van der Waals surface area contributed by atoms with Crippen molar-refractivity contribution in [2.24, 2.45) is 11.7 Å². The van der Waals surface area contributed by atoms with E-state index in [1.807, 2.05) is 26.0 Å². The van der Waals surface area contributed by atoms with Gasteiger partial charge in [-0.1, -0.05) is 67.6 Å². The molecule has 2 rings (SSSR count). The van der Waals surface area contributed by atoms with Gasteiger partial charge >= 0.3 is 0 Å². The van der Waals surface area contributed by atoms with E-state index in [0.29, 0.717) is 6.54 Å². The second kappa shape index (κ2) is 10.7. The zero-order chi connectivity index (χ0) is 18.8. The number of carbonyl (C=O) groups excluding carboxylic acids is 1. The van der Waals surface area contributed by atoms with Crippen LogP contribution in [-0.2, 0) is 17.9 Å². The number of hydrogen-bond donors (Lipinski definition) is 2. The van der Waals surface area contributed by atoms with Crippen LogP contribution in [0.2, 0.25) is 0 Å². The zero-order valence-electron chi connectivity index (χ0n) is 15.9. The summed E-state index contributed by atoms with van der Waals surface area (Å²) >= 11 is 0. The third kappa shape index (κ3) is 6.98. The van der Waals surface area contributed by atoms with Crippen LogP contribution in [-0.4, -0.2) is 29.9 Å². The van der Waals surface area contributed by atoms with E-state index in [1.54, 1.807) is 0 Å². The van der Waals surface area contributed by atoms with Crippen molar-refractivity contribution >= 4 is 5.91 Å². The minimum Gasteiger partial charge on any atom is -0.356 e. The number of nitrogens with two attached hydrogens (primary N) is 1. The number of nitrogens with zero attached hydrogens (tertiary/aromatic N) is 1. The maximum Gasteiger partial charge on any atom is 0.224 e. The smallest absolute Gasteiger partial charge is 0.224 e. The van der Waals surface area contributed by atoms with E-state index in [1.165, 1.54) is 11.1 Å². The van der Waals surface area contributed by atoms with Crippen molar-refractivity contribution in [3.63, 3.8) is 0 Å². The van der Waals surface area contributed by atoms with Gasteiger partial charge in [-0.3, -0.25) is 9.69 Å². The molecule has 0 aliphatic heterocycles. The lowest BCUT2D eigenvalue weighted by molar-refractivity contribution is -0.124. The number of hydrogen-bond acceptors (Lipinski definition) is 3. The fourth-order valence-electron chi connectivity index (χ4n) is 2.81. The van der Waals surface area contributed by atoms with E-state index in [4.69, 9.17) is 5.73 Å². The normalized spacial score (nSPS) is 13.4. The third-order valence-electron chi connectivity index (χ3n) is 4.65. The standard InChI is InChI=1S/C22H31N3O/c1-18(19(2)23)22(26)24-14-9-15-25(16-20-10-5-3-6-11-20)17-21-12-7-4-8-13-21/h3-8,10-13,18-19H,9,14-17,23H2,1-2H3,(H,24,26). The Morgan fingerprint density at radius 3 is 1.92 bits per heavy atom. The fourth-order valence-corrected chi connectivity index (χ4v) is 2.81. The number of carbonyl (C=O) groups is 1. The highest BCUT2D eigenvalue weighted by molar-refractivity contribution is 5.78. The molecule has 0 saturated carbocycles. The topological polar surface area (TPSA) is 58.4 Å². The van der Waals surface area contributed by atoms with Crippen LogP contribution < -0.4 is 11.1 Å². The van der Waals surface area contributed by atoms with Gasteiger partial charge in [0.05, 0.1) is 0 Å². The Bertz CT molecular complexity index is 601. The molecule has 2 atom stereocenters. The first-order chi connectivity index (χ1) is 12.6. The number of amides is 1. The SMILES string of the molecule is CC(N)C(C)C(=O)NCCCN(Cc1ccccc1)Cc1ccccc1. The molecule has 0 saturated heterocycles. The molecule has 26 heavy (non-hydrogen) atoms. The van der Waals surface area contributed by atoms with Gasteiger partial charge in [0, 0.05) is 38.1 Å². The Labute approximate surface area is 157 Å². The molecule has 2 unspecified atom stereocenters. The van der Waals surface area contributed by atoms with Gasteiger partial charge in [0.2, 0.25) is 5.91 Å². The van der Waals surface area contributed by atoms with E-state index in [-0.39, 0.29) is 17.9 Å². The van der Waals surface area contributed by atoms with Crippen LogP contribution in [0.25, 0.3) is 0 Å². The predicted octanol–water partition coefficient (Wildman–Crippen LogP) is 3.18. The second-order valence-corrected chi connectivity index (χ2v) is 6.97. The van der Waals surface area contributed by atoms with Gasteiger partial charge in [0.25, 0.3) is 0 Å². The Hall–Kier alpha value is -2.17. The number of benzene rings is 2. The molecular weight excluding hydrogens is 322 g/mol. The van der Waals surface area contributed by atoms with Crippen LogP contribution in [0.5, 0.6) is 0 Å². The van der Waals surface area contributed by atoms with Crippen molar-refractivity contribution in [2.75, 3.05) is 13.1 Å². The van der Waals surface area contributed by atoms with Crippen LogP contribution >= 0.6 is 0 Å². The van der Waals surface area contributed by atoms with E-state index in [9.17, 15) is 4.79 Å². The number of nitrogens with one attached hydrogen (secondary N) is 1. The van der Waals surface area contributed by atoms with E-state index < -0.39 is 0 Å². The summed E-state index contributed by atoms with van der Waals surface area (Å²) in [5, 5.41) is 3.00. The maximum atomic E-state index is 12.0. The van der Waals surface area contributed by atoms with Crippen molar-refractivity contribution in [2.45, 2.75) is 39.4 Å². The Morgan fingerprint density at radius 2 is 1.46 bits per heavy atom. The molecule has 0 spiro atoms. The maximum absolute atomic E-state index is 12.0. The van der Waals surface area contributed by atoms with Crippen LogP contribution in [0.1, 0.15) is 31.4 Å². The summed E-state index contributed by atoms with van der Waals surface area (Å²) in [5.41, 5.74) is 8.40. The van der Waals surface area contributed by atoms with Crippen LogP contribution in [0.15, 0.2) is 60.7 Å². The molecule has 4 heteroatoms. The first-order valence-electron chi connectivity index (χ1n) is 9.39. The lowest BCUT2D eigenvalue weighted by Crippen LogP contribution is -2.39. The first kappa shape index (κ1) is 20.1. The molecule has 140 valence electrons. The summed E-state index contributed by atoms with van der Waals surface area (Å²) in [6, 6.07) is 20.9. The van der Waals surface area contributed by atoms with Crippen molar-refractivity contribution in [3.8, 4) is 0 Å². The largest absolute Gasteiger partial charge is 0.356 e. The quantitative estimate of drug-likeness (QED) is 0.645. The monoisotopic (exact) mass is 353 g/mol. The predicted molar refractivity (Wildman–Crippen MR) is 107 cm³/mol. The molecule has 0 aliphatic rings. The fraction of sp³-hybridized carbons (Fsp3) is 0.409. The van der Waals surface area contributed by atoms with E-state index in [2.05, 4.69) is 58.7 Å². The Balaban J connectivity index is 1.86. The summed E-state index contributed by atoms with van der Waals surface area (Å²) < 4.78 is 0. The van der Waals surface area contributed by atoms with Crippen molar-refractivity contribution in [1.29, 1.82) is 0 Å². The molecule has 0 aliphatic carbocycles. The Kier molecular flexibility index (Phi) is 8.32.